The quantitative estimate of drug-likeness (QED) is 0.676. The van der Waals surface area contributed by atoms with Crippen LogP contribution >= 0.6 is 11.8 Å². The lowest BCUT2D eigenvalue weighted by atomic mass is 10.1. The Morgan fingerprint density at radius 3 is 2.46 bits per heavy atom. The fourth-order valence-corrected chi connectivity index (χ4v) is 3.40. The van der Waals surface area contributed by atoms with Crippen molar-refractivity contribution in [1.82, 2.24) is 0 Å². The molecule has 0 fully saturated rings. The molecule has 0 saturated carbocycles. The molecule has 0 aliphatic heterocycles. The summed E-state index contributed by atoms with van der Waals surface area (Å²) in [5.41, 5.74) is 0.251. The molecule has 0 radical (unpaired) electrons. The summed E-state index contributed by atoms with van der Waals surface area (Å²) in [6, 6.07) is 11.3. The maximum Gasteiger partial charge on any atom is 0.573 e. The monoisotopic (exact) mass is 431 g/mol. The van der Waals surface area contributed by atoms with Crippen molar-refractivity contribution in [2.75, 3.05) is 10.5 Å². The fraction of sp³-hybridized carbons (Fsp3) is 0.176. The summed E-state index contributed by atoms with van der Waals surface area (Å²) in [6.45, 7) is 1.32. The maximum absolute atomic E-state index is 12.3. The first kappa shape index (κ1) is 21.6. The van der Waals surface area contributed by atoms with E-state index in [4.69, 9.17) is 0 Å². The van der Waals surface area contributed by atoms with Crippen molar-refractivity contribution in [3.05, 3.63) is 54.1 Å². The van der Waals surface area contributed by atoms with Crippen molar-refractivity contribution in [2.45, 2.75) is 18.2 Å². The molecular formula is C17H12F3NO5S2. The zero-order valence-electron chi connectivity index (χ0n) is 14.2. The van der Waals surface area contributed by atoms with E-state index in [-0.39, 0.29) is 27.9 Å². The van der Waals surface area contributed by atoms with Crippen LogP contribution in [-0.4, -0.2) is 31.4 Å². The highest BCUT2D eigenvalue weighted by atomic mass is 32.2. The van der Waals surface area contributed by atoms with E-state index >= 15 is 0 Å². The number of halogens is 3. The summed E-state index contributed by atoms with van der Waals surface area (Å²) in [5, 5.41) is -0.227. The van der Waals surface area contributed by atoms with Crippen LogP contribution in [0.4, 0.5) is 18.9 Å². The number of thioether (sulfide) groups is 1. The fourth-order valence-electron chi connectivity index (χ4n) is 1.92. The number of hydrogen-bond acceptors (Lipinski definition) is 6. The van der Waals surface area contributed by atoms with E-state index in [9.17, 15) is 31.2 Å². The average molecular weight is 431 g/mol. The topological polar surface area (TPSA) is 89.5 Å². The maximum atomic E-state index is 12.3. The van der Waals surface area contributed by atoms with Crippen LogP contribution in [0.3, 0.4) is 0 Å². The van der Waals surface area contributed by atoms with Crippen molar-refractivity contribution < 1.29 is 35.9 Å². The van der Waals surface area contributed by atoms with Crippen molar-refractivity contribution in [2.24, 2.45) is 0 Å². The van der Waals surface area contributed by atoms with E-state index in [1.165, 1.54) is 31.2 Å². The molecular weight excluding hydrogens is 419 g/mol. The summed E-state index contributed by atoms with van der Waals surface area (Å²) < 4.78 is 66.9. The van der Waals surface area contributed by atoms with Gasteiger partial charge in [-0.2, -0.15) is 0 Å². The Morgan fingerprint density at radius 1 is 1.18 bits per heavy atom. The largest absolute Gasteiger partial charge is 0.573 e. The Kier molecular flexibility index (Phi) is 6.58. The van der Waals surface area contributed by atoms with Crippen LogP contribution < -0.4 is 9.46 Å². The highest BCUT2D eigenvalue weighted by molar-refractivity contribution is 8.14. The first-order valence-corrected chi connectivity index (χ1v) is 9.92. The molecule has 0 saturated heterocycles. The standard InChI is InChI=1S/C17H12F3NO5S2/c1-11(22)27-10-16(23)12-3-2-4-13(9-12)21-28(24,25)15-7-5-14(6-8-15)26-17(18,19)20/h2-5,7,9,21H,10H2,1H3. The number of ether oxygens (including phenoxy) is 1. The minimum absolute atomic E-state index is 0.0580. The van der Waals surface area contributed by atoms with E-state index in [2.05, 4.69) is 15.5 Å². The molecule has 0 spiro atoms. The van der Waals surface area contributed by atoms with Gasteiger partial charge in [-0.25, -0.2) is 8.42 Å². The van der Waals surface area contributed by atoms with Crippen LogP contribution in [0.15, 0.2) is 41.3 Å². The van der Waals surface area contributed by atoms with Gasteiger partial charge in [-0.05, 0) is 36.4 Å². The molecule has 6 nitrogen and oxygen atoms in total. The predicted octanol–water partition coefficient (Wildman–Crippen LogP) is 3.45. The van der Waals surface area contributed by atoms with Gasteiger partial charge in [0.1, 0.15) is 4.90 Å². The number of alkyl halides is 3. The molecule has 0 aromatic heterocycles. The van der Waals surface area contributed by atoms with E-state index < -0.39 is 27.0 Å². The molecule has 0 unspecified atom stereocenters. The molecule has 0 aliphatic carbocycles. The number of carbonyl (C=O) groups excluding carboxylic acids is 2. The van der Waals surface area contributed by atoms with E-state index in [1.54, 1.807) is 0 Å². The summed E-state index contributed by atoms with van der Waals surface area (Å²) in [4.78, 5) is 22.5. The van der Waals surface area contributed by atoms with Gasteiger partial charge in [-0.3, -0.25) is 14.3 Å². The van der Waals surface area contributed by atoms with Gasteiger partial charge in [0.15, 0.2) is 16.6 Å². The molecule has 0 atom stereocenters. The van der Waals surface area contributed by atoms with Crippen molar-refractivity contribution in [1.29, 1.82) is 0 Å². The Balaban J connectivity index is 2.14. The first-order chi connectivity index (χ1) is 13.0. The Labute approximate surface area is 163 Å². The molecule has 0 amide bonds. The summed E-state index contributed by atoms with van der Waals surface area (Å²) in [7, 11) is -4.19. The third-order valence-corrected chi connectivity index (χ3v) is 5.19. The second-order valence-corrected chi connectivity index (χ2v) is 8.05. The van der Waals surface area contributed by atoms with Crippen LogP contribution in [0, 0.1) is 12.1 Å². The van der Waals surface area contributed by atoms with Crippen molar-refractivity contribution in [3.63, 3.8) is 0 Å². The molecule has 2 aromatic rings. The molecule has 1 N–H and O–H groups in total. The smallest absolute Gasteiger partial charge is 0.397 e. The molecule has 28 heavy (non-hydrogen) atoms. The lowest BCUT2D eigenvalue weighted by Gasteiger charge is -2.09. The van der Waals surface area contributed by atoms with Gasteiger partial charge in [0, 0.05) is 18.2 Å². The van der Waals surface area contributed by atoms with Crippen LogP contribution in [0.2, 0.25) is 0 Å². The zero-order chi connectivity index (χ0) is 20.9. The molecule has 0 heterocycles. The van der Waals surface area contributed by atoms with Gasteiger partial charge in [-0.1, -0.05) is 23.9 Å². The van der Waals surface area contributed by atoms with Gasteiger partial charge >= 0.3 is 6.36 Å². The zero-order valence-corrected chi connectivity index (χ0v) is 15.8. The third-order valence-electron chi connectivity index (χ3n) is 3.05. The summed E-state index contributed by atoms with van der Waals surface area (Å²) in [5.74, 6) is -1.19. The SMILES string of the molecule is CC(=O)SCC(=O)c1cccc(NS(=O)(=O)c2c#cc(OC(F)(F)F)cc2)c1. The molecule has 0 bridgehead atoms. The third kappa shape index (κ3) is 6.47. The highest BCUT2D eigenvalue weighted by Crippen LogP contribution is 2.22. The summed E-state index contributed by atoms with van der Waals surface area (Å²) >= 11 is 0.827. The number of Topliss-reactive ketones (excluding diaryl/α,β-unsaturated/α-hetero) is 1. The van der Waals surface area contributed by atoms with Gasteiger partial charge in [-0.15, -0.1) is 13.2 Å². The number of nitrogens with one attached hydrogen (secondary N) is 1. The molecule has 0 aliphatic rings. The van der Waals surface area contributed by atoms with Crippen LogP contribution in [0.5, 0.6) is 5.75 Å². The van der Waals surface area contributed by atoms with Crippen molar-refractivity contribution >= 4 is 38.4 Å². The van der Waals surface area contributed by atoms with Crippen LogP contribution in [-0.2, 0) is 14.8 Å². The predicted molar refractivity (Wildman–Crippen MR) is 95.5 cm³/mol. The highest BCUT2D eigenvalue weighted by Gasteiger charge is 2.31. The minimum Gasteiger partial charge on any atom is -0.397 e. The minimum atomic E-state index is -4.93. The Hall–Kier alpha value is -2.71. The van der Waals surface area contributed by atoms with Crippen LogP contribution in [0.25, 0.3) is 0 Å². The summed E-state index contributed by atoms with van der Waals surface area (Å²) in [6.07, 6.45) is -4.93. The van der Waals surface area contributed by atoms with Gasteiger partial charge < -0.3 is 4.74 Å². The van der Waals surface area contributed by atoms with Crippen molar-refractivity contribution in [3.8, 4) is 5.75 Å². The van der Waals surface area contributed by atoms with Gasteiger partial charge in [0.25, 0.3) is 10.0 Å². The lowest BCUT2D eigenvalue weighted by Crippen LogP contribution is -2.17. The number of anilines is 1. The second-order valence-electron chi connectivity index (χ2n) is 5.25. The van der Waals surface area contributed by atoms with Gasteiger partial charge in [0.2, 0.25) is 0 Å². The number of carbonyl (C=O) groups is 2. The van der Waals surface area contributed by atoms with E-state index in [1.807, 2.05) is 6.07 Å². The lowest BCUT2D eigenvalue weighted by molar-refractivity contribution is -0.274. The normalized spacial score (nSPS) is 11.4. The molecule has 2 aromatic carbocycles. The number of ketones is 1. The van der Waals surface area contributed by atoms with Crippen LogP contribution in [0.1, 0.15) is 17.3 Å². The van der Waals surface area contributed by atoms with Gasteiger partial charge in [0.05, 0.1) is 5.75 Å². The average Bonchev–Trinajstić information content (AvgIpc) is 2.58. The number of sulfonamides is 1. The molecule has 2 rings (SSSR count). The number of rotatable bonds is 7. The first-order valence-electron chi connectivity index (χ1n) is 7.45. The van der Waals surface area contributed by atoms with E-state index in [0.717, 1.165) is 23.9 Å². The molecule has 148 valence electrons. The number of hydrogen-bond donors (Lipinski definition) is 1. The van der Waals surface area contributed by atoms with E-state index in [0.29, 0.717) is 0 Å². The number of benzene rings is 1. The Morgan fingerprint density at radius 2 is 1.89 bits per heavy atom. The molecule has 11 heteroatoms. The second kappa shape index (κ2) is 8.53. The Bertz CT molecular complexity index is 973.